The van der Waals surface area contributed by atoms with E-state index in [2.05, 4.69) is 67.2 Å². The molecule has 5 rings (SSSR count). The standard InChI is InChI=1S/C20H9Br2N3/c1-9-14(8-23)25-20-13-7-3-5-11-16(13)15-10(17(21)18(11)22)4-2-6-12(15)19(20)24-9/h2-7H,1H3. The Balaban J connectivity index is 2.25. The average Bonchev–Trinajstić information content (AvgIpc) is 2.64. The molecule has 0 unspecified atom stereocenters. The van der Waals surface area contributed by atoms with Crippen LogP contribution >= 0.6 is 31.9 Å². The van der Waals surface area contributed by atoms with E-state index >= 15 is 0 Å². The molecule has 0 N–H and O–H groups in total. The summed E-state index contributed by atoms with van der Waals surface area (Å²) >= 11 is 7.47. The van der Waals surface area contributed by atoms with Gasteiger partial charge in [-0.1, -0.05) is 36.4 Å². The Morgan fingerprint density at radius 1 is 0.800 bits per heavy atom. The highest BCUT2D eigenvalue weighted by atomic mass is 79.9. The third-order valence-electron chi connectivity index (χ3n) is 4.73. The number of aromatic nitrogens is 2. The van der Waals surface area contributed by atoms with Crippen LogP contribution in [0.15, 0.2) is 45.3 Å². The fraction of sp³-hybridized carbons (Fsp3) is 0.0500. The molecule has 5 heteroatoms. The van der Waals surface area contributed by atoms with Gasteiger partial charge in [0, 0.05) is 30.5 Å². The molecule has 4 aromatic carbocycles. The molecule has 0 fully saturated rings. The van der Waals surface area contributed by atoms with Gasteiger partial charge in [0.1, 0.15) is 6.07 Å². The Kier molecular flexibility index (Phi) is 3.06. The highest BCUT2D eigenvalue weighted by molar-refractivity contribution is 9.13. The molecule has 118 valence electrons. The van der Waals surface area contributed by atoms with Crippen LogP contribution in [0.3, 0.4) is 0 Å². The molecule has 3 nitrogen and oxygen atoms in total. The molecule has 0 amide bonds. The first-order chi connectivity index (χ1) is 12.1. The van der Waals surface area contributed by atoms with E-state index in [1.165, 1.54) is 5.39 Å². The normalized spacial score (nSPS) is 11.8. The molecule has 0 bridgehead atoms. The lowest BCUT2D eigenvalue weighted by molar-refractivity contribution is 1.16. The Morgan fingerprint density at radius 3 is 1.80 bits per heavy atom. The quantitative estimate of drug-likeness (QED) is 0.207. The van der Waals surface area contributed by atoms with Gasteiger partial charge in [-0.15, -0.1) is 0 Å². The van der Waals surface area contributed by atoms with E-state index in [4.69, 9.17) is 4.98 Å². The molecular weight excluding hydrogens is 442 g/mol. The summed E-state index contributed by atoms with van der Waals surface area (Å²) < 4.78 is 2.06. The number of rotatable bonds is 0. The van der Waals surface area contributed by atoms with E-state index in [-0.39, 0.29) is 0 Å². The number of halogens is 2. The van der Waals surface area contributed by atoms with E-state index in [0.29, 0.717) is 11.4 Å². The molecule has 0 atom stereocenters. The van der Waals surface area contributed by atoms with Crippen LogP contribution in [0.2, 0.25) is 0 Å². The minimum atomic E-state index is 0.377. The predicted octanol–water partition coefficient (Wildman–Crippen LogP) is 6.23. The van der Waals surface area contributed by atoms with Crippen molar-refractivity contribution < 1.29 is 0 Å². The number of benzene rings is 4. The fourth-order valence-corrected chi connectivity index (χ4v) is 4.73. The monoisotopic (exact) mass is 449 g/mol. The van der Waals surface area contributed by atoms with Gasteiger partial charge in [0.15, 0.2) is 5.69 Å². The minimum absolute atomic E-state index is 0.377. The Bertz CT molecular complexity index is 1380. The lowest BCUT2D eigenvalue weighted by Crippen LogP contribution is -1.97. The van der Waals surface area contributed by atoms with Gasteiger partial charge in [0.25, 0.3) is 0 Å². The Hall–Kier alpha value is -2.29. The van der Waals surface area contributed by atoms with Crippen LogP contribution in [0.5, 0.6) is 0 Å². The Morgan fingerprint density at radius 2 is 1.28 bits per heavy atom. The van der Waals surface area contributed by atoms with Crippen LogP contribution in [0.4, 0.5) is 0 Å². The average molecular weight is 451 g/mol. The van der Waals surface area contributed by atoms with E-state index in [0.717, 1.165) is 46.9 Å². The van der Waals surface area contributed by atoms with Crippen molar-refractivity contribution in [1.29, 1.82) is 5.26 Å². The minimum Gasteiger partial charge on any atom is -0.248 e. The highest BCUT2D eigenvalue weighted by Crippen LogP contribution is 2.46. The zero-order valence-electron chi connectivity index (χ0n) is 13.1. The van der Waals surface area contributed by atoms with Gasteiger partial charge < -0.3 is 0 Å². The zero-order chi connectivity index (χ0) is 17.3. The van der Waals surface area contributed by atoms with Crippen LogP contribution in [0, 0.1) is 18.3 Å². The molecule has 1 aromatic heterocycles. The molecule has 0 aliphatic carbocycles. The summed E-state index contributed by atoms with van der Waals surface area (Å²) in [5, 5.41) is 16.0. The third-order valence-corrected chi connectivity index (χ3v) is 6.91. The predicted molar refractivity (Wildman–Crippen MR) is 108 cm³/mol. The van der Waals surface area contributed by atoms with Gasteiger partial charge in [-0.3, -0.25) is 0 Å². The van der Waals surface area contributed by atoms with Gasteiger partial charge >= 0.3 is 0 Å². The molecule has 0 saturated carbocycles. The molecule has 1 heterocycles. The maximum Gasteiger partial charge on any atom is 0.162 e. The lowest BCUT2D eigenvalue weighted by atomic mass is 9.92. The number of aryl methyl sites for hydroxylation is 1. The second-order valence-corrected chi connectivity index (χ2v) is 7.64. The summed E-state index contributed by atoms with van der Waals surface area (Å²) in [4.78, 5) is 9.38. The maximum absolute atomic E-state index is 9.38. The van der Waals surface area contributed by atoms with Crippen molar-refractivity contribution in [2.24, 2.45) is 0 Å². The summed E-state index contributed by atoms with van der Waals surface area (Å²) in [7, 11) is 0. The maximum atomic E-state index is 9.38. The molecule has 5 aromatic rings. The lowest BCUT2D eigenvalue weighted by Gasteiger charge is -2.16. The summed E-state index contributed by atoms with van der Waals surface area (Å²) in [6.45, 7) is 1.83. The highest BCUT2D eigenvalue weighted by Gasteiger charge is 2.19. The van der Waals surface area contributed by atoms with Crippen molar-refractivity contribution in [3.05, 3.63) is 56.7 Å². The topological polar surface area (TPSA) is 49.6 Å². The van der Waals surface area contributed by atoms with E-state index in [1.54, 1.807) is 0 Å². The van der Waals surface area contributed by atoms with Crippen molar-refractivity contribution in [3.63, 3.8) is 0 Å². The molecule has 25 heavy (non-hydrogen) atoms. The largest absolute Gasteiger partial charge is 0.248 e. The molecule has 0 aliphatic rings. The fourth-order valence-electron chi connectivity index (χ4n) is 3.64. The van der Waals surface area contributed by atoms with Crippen LogP contribution in [-0.4, -0.2) is 9.97 Å². The molecule has 0 spiro atoms. The number of hydrogen-bond acceptors (Lipinski definition) is 3. The first-order valence-corrected chi connectivity index (χ1v) is 9.32. The van der Waals surface area contributed by atoms with Crippen LogP contribution < -0.4 is 0 Å². The number of nitrogens with zero attached hydrogens (tertiary/aromatic N) is 3. The Labute approximate surface area is 159 Å². The number of fused-ring (bicyclic) bond motifs is 3. The van der Waals surface area contributed by atoms with Gasteiger partial charge in [0.05, 0.1) is 16.7 Å². The van der Waals surface area contributed by atoms with Crippen molar-refractivity contribution >= 4 is 75.2 Å². The van der Waals surface area contributed by atoms with Gasteiger partial charge in [0.2, 0.25) is 0 Å². The van der Waals surface area contributed by atoms with Gasteiger partial charge in [-0.2, -0.15) is 5.26 Å². The summed E-state index contributed by atoms with van der Waals surface area (Å²) in [6, 6.07) is 14.6. The van der Waals surface area contributed by atoms with E-state index < -0.39 is 0 Å². The number of hydrogen-bond donors (Lipinski definition) is 0. The van der Waals surface area contributed by atoms with Crippen molar-refractivity contribution in [1.82, 2.24) is 9.97 Å². The number of nitriles is 1. The van der Waals surface area contributed by atoms with Gasteiger partial charge in [-0.25, -0.2) is 9.97 Å². The summed E-state index contributed by atoms with van der Waals surface area (Å²) in [5.74, 6) is 0. The smallest absolute Gasteiger partial charge is 0.162 e. The zero-order valence-corrected chi connectivity index (χ0v) is 16.2. The first-order valence-electron chi connectivity index (χ1n) is 7.73. The van der Waals surface area contributed by atoms with E-state index in [9.17, 15) is 5.26 Å². The molecule has 0 radical (unpaired) electrons. The molecular formula is C20H9Br2N3. The second-order valence-electron chi connectivity index (χ2n) is 6.05. The van der Waals surface area contributed by atoms with Crippen molar-refractivity contribution in [2.75, 3.05) is 0 Å². The van der Waals surface area contributed by atoms with Crippen LogP contribution in [0.25, 0.3) is 43.4 Å². The third kappa shape index (κ3) is 1.84. The molecule has 0 saturated heterocycles. The second kappa shape index (κ2) is 5.10. The SMILES string of the molecule is Cc1nc2c3cccc4c(Br)c(Br)c5cccc(c2nc1C#N)c5c43. The molecule has 0 aliphatic heterocycles. The van der Waals surface area contributed by atoms with Crippen LogP contribution in [0.1, 0.15) is 11.4 Å². The van der Waals surface area contributed by atoms with Gasteiger partial charge in [-0.05, 0) is 49.6 Å². The van der Waals surface area contributed by atoms with Crippen LogP contribution in [-0.2, 0) is 0 Å². The first kappa shape index (κ1) is 15.0. The van der Waals surface area contributed by atoms with Crippen molar-refractivity contribution in [3.8, 4) is 6.07 Å². The van der Waals surface area contributed by atoms with E-state index in [1.807, 2.05) is 19.1 Å². The summed E-state index contributed by atoms with van der Waals surface area (Å²) in [5.41, 5.74) is 2.66. The summed E-state index contributed by atoms with van der Waals surface area (Å²) in [6.07, 6.45) is 0. The van der Waals surface area contributed by atoms with Crippen molar-refractivity contribution in [2.45, 2.75) is 6.92 Å².